The van der Waals surface area contributed by atoms with E-state index in [2.05, 4.69) is 69.1 Å². The van der Waals surface area contributed by atoms with Crippen molar-refractivity contribution in [1.82, 2.24) is 14.9 Å². The first-order chi connectivity index (χ1) is 15.7. The first-order valence-electron chi connectivity index (χ1n) is 10.7. The number of thioether (sulfide) groups is 1. The van der Waals surface area contributed by atoms with Gasteiger partial charge in [0.1, 0.15) is 5.82 Å². The number of pyridine rings is 2. The van der Waals surface area contributed by atoms with Crippen LogP contribution >= 0.6 is 11.8 Å². The average molecular weight is 441 g/mol. The Morgan fingerprint density at radius 1 is 1.09 bits per heavy atom. The Morgan fingerprint density at radius 3 is 2.84 bits per heavy atom. The molecule has 1 amide bonds. The molecule has 0 saturated heterocycles. The summed E-state index contributed by atoms with van der Waals surface area (Å²) in [5.41, 5.74) is 3.83. The molecular formula is C26H24N4OS. The Labute approximate surface area is 192 Å². The van der Waals surface area contributed by atoms with Crippen LogP contribution < -0.4 is 5.32 Å². The molecule has 3 aromatic rings. The summed E-state index contributed by atoms with van der Waals surface area (Å²) in [7, 11) is 2.10. The van der Waals surface area contributed by atoms with E-state index in [-0.39, 0.29) is 5.91 Å². The van der Waals surface area contributed by atoms with E-state index in [4.69, 9.17) is 0 Å². The van der Waals surface area contributed by atoms with Gasteiger partial charge in [-0.05, 0) is 66.1 Å². The van der Waals surface area contributed by atoms with Crippen LogP contribution in [0.5, 0.6) is 0 Å². The fourth-order valence-electron chi connectivity index (χ4n) is 3.89. The Bertz CT molecular complexity index is 1280. The number of nitrogens with one attached hydrogen (secondary N) is 1. The molecule has 32 heavy (non-hydrogen) atoms. The van der Waals surface area contributed by atoms with Crippen molar-refractivity contribution < 1.29 is 4.79 Å². The van der Waals surface area contributed by atoms with Crippen LogP contribution in [0.3, 0.4) is 0 Å². The van der Waals surface area contributed by atoms with Gasteiger partial charge in [0.2, 0.25) is 0 Å². The summed E-state index contributed by atoms with van der Waals surface area (Å²) in [6, 6.07) is 11.9. The number of carbonyl (C=O) groups is 1. The quantitative estimate of drug-likeness (QED) is 0.573. The molecule has 0 spiro atoms. The number of fused-ring (bicyclic) bond motifs is 1. The monoisotopic (exact) mass is 440 g/mol. The van der Waals surface area contributed by atoms with Crippen molar-refractivity contribution in [3.63, 3.8) is 0 Å². The summed E-state index contributed by atoms with van der Waals surface area (Å²) >= 11 is 1.73. The van der Waals surface area contributed by atoms with Crippen molar-refractivity contribution >= 4 is 44.7 Å². The van der Waals surface area contributed by atoms with Crippen molar-refractivity contribution in [2.75, 3.05) is 25.5 Å². The van der Waals surface area contributed by atoms with E-state index in [1.807, 2.05) is 12.1 Å². The first kappa shape index (κ1) is 20.7. The van der Waals surface area contributed by atoms with E-state index in [1.54, 1.807) is 30.2 Å². The van der Waals surface area contributed by atoms with Crippen LogP contribution in [-0.4, -0.2) is 40.9 Å². The van der Waals surface area contributed by atoms with Crippen LogP contribution in [0.2, 0.25) is 0 Å². The van der Waals surface area contributed by atoms with Gasteiger partial charge in [-0.15, -0.1) is 0 Å². The van der Waals surface area contributed by atoms with Crippen LogP contribution in [0.25, 0.3) is 21.3 Å². The van der Waals surface area contributed by atoms with E-state index in [9.17, 15) is 4.79 Å². The number of likely N-dealkylation sites (N-methyl/N-ethyl adjacent to an activating group) is 1. The maximum absolute atomic E-state index is 12.9. The van der Waals surface area contributed by atoms with Gasteiger partial charge in [0.05, 0.1) is 5.69 Å². The Kier molecular flexibility index (Phi) is 5.88. The van der Waals surface area contributed by atoms with Gasteiger partial charge in [0.25, 0.3) is 5.91 Å². The second-order valence-corrected chi connectivity index (χ2v) is 9.00. The lowest BCUT2D eigenvalue weighted by molar-refractivity contribution is 0.102. The summed E-state index contributed by atoms with van der Waals surface area (Å²) in [5, 5.41) is 7.17. The van der Waals surface area contributed by atoms with Gasteiger partial charge >= 0.3 is 0 Å². The second-order valence-electron chi connectivity index (χ2n) is 8.05. The number of hydrogen-bond acceptors (Lipinski definition) is 5. The lowest BCUT2D eigenvalue weighted by Crippen LogP contribution is -2.24. The van der Waals surface area contributed by atoms with E-state index in [1.165, 1.54) is 16.0 Å². The number of hydrogen-bond donors (Lipinski definition) is 1. The third-order valence-electron chi connectivity index (χ3n) is 5.74. The van der Waals surface area contributed by atoms with Gasteiger partial charge in [-0.3, -0.25) is 9.78 Å². The smallest absolute Gasteiger partial charge is 0.256 e. The minimum Gasteiger partial charge on any atom is -0.307 e. The Balaban J connectivity index is 1.36. The number of allylic oxidation sites excluding steroid dienone is 2. The van der Waals surface area contributed by atoms with Crippen molar-refractivity contribution in [2.24, 2.45) is 0 Å². The van der Waals surface area contributed by atoms with Crippen molar-refractivity contribution in [1.29, 1.82) is 0 Å². The van der Waals surface area contributed by atoms with Gasteiger partial charge in [-0.25, -0.2) is 4.98 Å². The van der Waals surface area contributed by atoms with Crippen LogP contribution in [-0.2, 0) is 0 Å². The van der Waals surface area contributed by atoms with Crippen LogP contribution in [0.15, 0.2) is 72.4 Å². The number of anilines is 1. The lowest BCUT2D eigenvalue weighted by Gasteiger charge is -2.21. The SMILES string of the molecule is CN1CC=C(c2cc(C(=O)Nc3cc4cc(C5=CCC=CS5)ccc4cn3)ccn2)CC1. The molecule has 0 bridgehead atoms. The zero-order valence-electron chi connectivity index (χ0n) is 17.9. The summed E-state index contributed by atoms with van der Waals surface area (Å²) < 4.78 is 0. The minimum absolute atomic E-state index is 0.180. The highest BCUT2D eigenvalue weighted by molar-refractivity contribution is 8.11. The third-order valence-corrected chi connectivity index (χ3v) is 6.73. The molecule has 160 valence electrons. The van der Waals surface area contributed by atoms with Crippen molar-refractivity contribution in [3.8, 4) is 0 Å². The average Bonchev–Trinajstić information content (AvgIpc) is 2.84. The van der Waals surface area contributed by atoms with Gasteiger partial charge < -0.3 is 10.2 Å². The van der Waals surface area contributed by atoms with Crippen LogP contribution in [0.4, 0.5) is 5.82 Å². The molecule has 0 saturated carbocycles. The van der Waals surface area contributed by atoms with Crippen LogP contribution in [0.1, 0.15) is 34.5 Å². The predicted molar refractivity (Wildman–Crippen MR) is 133 cm³/mol. The second kappa shape index (κ2) is 9.10. The number of benzene rings is 1. The molecule has 2 aliphatic heterocycles. The lowest BCUT2D eigenvalue weighted by atomic mass is 10.0. The molecule has 0 atom stereocenters. The normalized spacial score (nSPS) is 16.5. The largest absolute Gasteiger partial charge is 0.307 e. The number of aromatic nitrogens is 2. The highest BCUT2D eigenvalue weighted by atomic mass is 32.2. The van der Waals surface area contributed by atoms with E-state index in [0.717, 1.165) is 42.4 Å². The van der Waals surface area contributed by atoms with Gasteiger partial charge in [-0.2, -0.15) is 0 Å². The molecule has 0 fully saturated rings. The van der Waals surface area contributed by atoms with E-state index in [0.29, 0.717) is 11.4 Å². The first-order valence-corrected chi connectivity index (χ1v) is 11.6. The minimum atomic E-state index is -0.180. The number of rotatable bonds is 4. The zero-order valence-corrected chi connectivity index (χ0v) is 18.7. The van der Waals surface area contributed by atoms with E-state index < -0.39 is 0 Å². The topological polar surface area (TPSA) is 58.1 Å². The highest BCUT2D eigenvalue weighted by Gasteiger charge is 2.14. The molecule has 5 rings (SSSR count). The Morgan fingerprint density at radius 2 is 2.03 bits per heavy atom. The molecule has 2 aromatic heterocycles. The standard InChI is InChI=1S/C26H24N4OS/c1-30-11-8-18(9-12-30)23-15-20(7-10-27-23)26(31)29-25-16-22-14-19(5-6-21(22)17-28-25)24-4-2-3-13-32-24/h3-8,10,13-17H,2,9,11-12H2,1H3,(H,28,29,31). The molecule has 6 heteroatoms. The summed E-state index contributed by atoms with van der Waals surface area (Å²) in [6.45, 7) is 1.90. The molecule has 2 aliphatic rings. The number of nitrogens with zero attached hydrogens (tertiary/aromatic N) is 3. The summed E-state index contributed by atoms with van der Waals surface area (Å²) in [4.78, 5) is 25.4. The Hall–Kier alpha value is -3.22. The highest BCUT2D eigenvalue weighted by Crippen LogP contribution is 2.33. The van der Waals surface area contributed by atoms with Gasteiger partial charge in [-0.1, -0.05) is 42.1 Å². The molecule has 5 nitrogen and oxygen atoms in total. The predicted octanol–water partition coefficient (Wildman–Crippen LogP) is 5.59. The molecular weight excluding hydrogens is 416 g/mol. The molecule has 0 aliphatic carbocycles. The molecule has 4 heterocycles. The van der Waals surface area contributed by atoms with Crippen molar-refractivity contribution in [3.05, 3.63) is 89.2 Å². The number of amides is 1. The zero-order chi connectivity index (χ0) is 21.9. The number of carbonyl (C=O) groups excluding carboxylic acids is 1. The fourth-order valence-corrected chi connectivity index (χ4v) is 4.70. The molecule has 0 unspecified atom stereocenters. The molecule has 1 aromatic carbocycles. The molecule has 1 N–H and O–H groups in total. The summed E-state index contributed by atoms with van der Waals surface area (Å²) in [6.07, 6.45) is 12.0. The van der Waals surface area contributed by atoms with E-state index >= 15 is 0 Å². The fraction of sp³-hybridized carbons (Fsp3) is 0.192. The third kappa shape index (κ3) is 4.52. The van der Waals surface area contributed by atoms with Gasteiger partial charge in [0.15, 0.2) is 0 Å². The maximum Gasteiger partial charge on any atom is 0.256 e. The van der Waals surface area contributed by atoms with Crippen molar-refractivity contribution in [2.45, 2.75) is 12.8 Å². The van der Waals surface area contributed by atoms with Crippen LogP contribution in [0, 0.1) is 0 Å². The maximum atomic E-state index is 12.9. The summed E-state index contributed by atoms with van der Waals surface area (Å²) in [5.74, 6) is 0.363. The molecule has 0 radical (unpaired) electrons. The van der Waals surface area contributed by atoms with Gasteiger partial charge in [0, 0.05) is 41.3 Å².